The van der Waals surface area contributed by atoms with Crippen LogP contribution in [0, 0.1) is 0 Å². The average Bonchev–Trinajstić information content (AvgIpc) is 2.41. The van der Waals surface area contributed by atoms with Crippen LogP contribution in [0.15, 0.2) is 18.3 Å². The van der Waals surface area contributed by atoms with Crippen molar-refractivity contribution in [3.05, 3.63) is 23.9 Å². The molecule has 3 N–H and O–H groups in total. The van der Waals surface area contributed by atoms with Gasteiger partial charge in [-0.05, 0) is 25.0 Å². The molecule has 104 valence electrons. The van der Waals surface area contributed by atoms with E-state index >= 15 is 0 Å². The molecule has 0 bridgehead atoms. The van der Waals surface area contributed by atoms with Crippen molar-refractivity contribution in [1.29, 1.82) is 0 Å². The van der Waals surface area contributed by atoms with Crippen molar-refractivity contribution >= 4 is 17.7 Å². The summed E-state index contributed by atoms with van der Waals surface area (Å²) in [6.45, 7) is 3.18. The highest BCUT2D eigenvalue weighted by Gasteiger charge is 2.04. The number of carbonyl (C=O) groups is 2. The zero-order valence-corrected chi connectivity index (χ0v) is 11.0. The Morgan fingerprint density at radius 2 is 2.11 bits per heavy atom. The first-order chi connectivity index (χ1) is 9.13. The Morgan fingerprint density at radius 3 is 2.68 bits per heavy atom. The molecule has 1 rings (SSSR count). The number of aromatic nitrogens is 1. The molecule has 0 atom stereocenters. The van der Waals surface area contributed by atoms with Gasteiger partial charge < -0.3 is 15.7 Å². The summed E-state index contributed by atoms with van der Waals surface area (Å²) in [5, 5.41) is 14.3. The molecule has 0 unspecified atom stereocenters. The third-order valence-corrected chi connectivity index (χ3v) is 2.43. The SMILES string of the molecule is CCCNC(=O)c1ccc(NCCCC(=O)O)nc1. The maximum absolute atomic E-state index is 11.6. The van der Waals surface area contributed by atoms with Crippen LogP contribution in [0.4, 0.5) is 5.82 Å². The van der Waals surface area contributed by atoms with Crippen LogP contribution in [0.1, 0.15) is 36.5 Å². The van der Waals surface area contributed by atoms with E-state index < -0.39 is 5.97 Å². The quantitative estimate of drug-likeness (QED) is 0.619. The van der Waals surface area contributed by atoms with Crippen LogP contribution >= 0.6 is 0 Å². The summed E-state index contributed by atoms with van der Waals surface area (Å²) in [5.74, 6) is -0.304. The first kappa shape index (κ1) is 14.9. The van der Waals surface area contributed by atoms with Gasteiger partial charge in [0.2, 0.25) is 0 Å². The van der Waals surface area contributed by atoms with Crippen molar-refractivity contribution in [2.24, 2.45) is 0 Å². The van der Waals surface area contributed by atoms with Gasteiger partial charge in [-0.3, -0.25) is 9.59 Å². The number of rotatable bonds is 8. The minimum atomic E-state index is -0.808. The van der Waals surface area contributed by atoms with Crippen molar-refractivity contribution in [2.45, 2.75) is 26.2 Å². The lowest BCUT2D eigenvalue weighted by atomic mass is 10.2. The van der Waals surface area contributed by atoms with Crippen LogP contribution in [0.2, 0.25) is 0 Å². The molecular weight excluding hydrogens is 246 g/mol. The minimum Gasteiger partial charge on any atom is -0.481 e. The second kappa shape index (κ2) is 8.07. The topological polar surface area (TPSA) is 91.3 Å². The number of carboxylic acid groups (broad SMARTS) is 1. The summed E-state index contributed by atoms with van der Waals surface area (Å²) in [7, 11) is 0. The number of carboxylic acids is 1. The minimum absolute atomic E-state index is 0.129. The first-order valence-corrected chi connectivity index (χ1v) is 6.33. The van der Waals surface area contributed by atoms with Gasteiger partial charge in [-0.25, -0.2) is 4.98 Å². The predicted molar refractivity (Wildman–Crippen MR) is 72.2 cm³/mol. The molecule has 0 fully saturated rings. The fraction of sp³-hybridized carbons (Fsp3) is 0.462. The second-order valence-corrected chi connectivity index (χ2v) is 4.11. The highest BCUT2D eigenvalue weighted by atomic mass is 16.4. The molecule has 1 amide bonds. The summed E-state index contributed by atoms with van der Waals surface area (Å²) < 4.78 is 0. The summed E-state index contributed by atoms with van der Waals surface area (Å²) in [6, 6.07) is 3.40. The Bertz CT molecular complexity index is 418. The second-order valence-electron chi connectivity index (χ2n) is 4.11. The lowest BCUT2D eigenvalue weighted by Gasteiger charge is -2.06. The predicted octanol–water partition coefficient (Wildman–Crippen LogP) is 1.50. The molecule has 0 aliphatic heterocycles. The molecule has 6 heteroatoms. The molecule has 0 saturated heterocycles. The first-order valence-electron chi connectivity index (χ1n) is 6.33. The Hall–Kier alpha value is -2.11. The molecule has 0 spiro atoms. The van der Waals surface area contributed by atoms with Gasteiger partial charge in [-0.15, -0.1) is 0 Å². The highest BCUT2D eigenvalue weighted by molar-refractivity contribution is 5.93. The summed E-state index contributed by atoms with van der Waals surface area (Å²) in [5.41, 5.74) is 0.518. The van der Waals surface area contributed by atoms with Gasteiger partial charge >= 0.3 is 5.97 Å². The van der Waals surface area contributed by atoms with E-state index in [0.29, 0.717) is 30.9 Å². The molecule has 0 aliphatic rings. The summed E-state index contributed by atoms with van der Waals surface area (Å²) in [4.78, 5) is 26.0. The largest absolute Gasteiger partial charge is 0.481 e. The van der Waals surface area contributed by atoms with Crippen LogP contribution in [0.5, 0.6) is 0 Å². The number of nitrogens with zero attached hydrogens (tertiary/aromatic N) is 1. The number of hydrogen-bond acceptors (Lipinski definition) is 4. The van der Waals surface area contributed by atoms with Gasteiger partial charge in [0.25, 0.3) is 5.91 Å². The molecular formula is C13H19N3O3. The maximum atomic E-state index is 11.6. The van der Waals surface area contributed by atoms with Crippen LogP contribution in [-0.4, -0.2) is 35.1 Å². The molecule has 1 heterocycles. The molecule has 0 saturated carbocycles. The third-order valence-electron chi connectivity index (χ3n) is 2.43. The number of aliphatic carboxylic acids is 1. The number of pyridine rings is 1. The van der Waals surface area contributed by atoms with E-state index in [9.17, 15) is 9.59 Å². The van der Waals surface area contributed by atoms with E-state index in [4.69, 9.17) is 5.11 Å². The summed E-state index contributed by atoms with van der Waals surface area (Å²) >= 11 is 0. The van der Waals surface area contributed by atoms with Gasteiger partial charge in [0, 0.05) is 25.7 Å². The third kappa shape index (κ3) is 5.85. The number of hydrogen-bond donors (Lipinski definition) is 3. The average molecular weight is 265 g/mol. The van der Waals surface area contributed by atoms with E-state index in [0.717, 1.165) is 6.42 Å². The molecule has 19 heavy (non-hydrogen) atoms. The van der Waals surface area contributed by atoms with Crippen molar-refractivity contribution < 1.29 is 14.7 Å². The summed E-state index contributed by atoms with van der Waals surface area (Å²) in [6.07, 6.45) is 3.06. The van der Waals surface area contributed by atoms with Crippen molar-refractivity contribution in [3.8, 4) is 0 Å². The van der Waals surface area contributed by atoms with Gasteiger partial charge in [-0.1, -0.05) is 6.92 Å². The molecule has 0 radical (unpaired) electrons. The lowest BCUT2D eigenvalue weighted by Crippen LogP contribution is -2.24. The van der Waals surface area contributed by atoms with Crippen LogP contribution in [0.3, 0.4) is 0 Å². The van der Waals surface area contributed by atoms with Crippen molar-refractivity contribution in [1.82, 2.24) is 10.3 Å². The fourth-order valence-corrected chi connectivity index (χ4v) is 1.43. The molecule has 1 aromatic heterocycles. The Labute approximate surface area is 112 Å². The van der Waals surface area contributed by atoms with E-state index in [-0.39, 0.29) is 12.3 Å². The van der Waals surface area contributed by atoms with Crippen molar-refractivity contribution in [2.75, 3.05) is 18.4 Å². The number of nitrogens with one attached hydrogen (secondary N) is 2. The Kier molecular flexibility index (Phi) is 6.35. The van der Waals surface area contributed by atoms with Crippen LogP contribution in [-0.2, 0) is 4.79 Å². The highest BCUT2D eigenvalue weighted by Crippen LogP contribution is 2.05. The van der Waals surface area contributed by atoms with Gasteiger partial charge in [0.1, 0.15) is 5.82 Å². The molecule has 1 aromatic rings. The van der Waals surface area contributed by atoms with Crippen molar-refractivity contribution in [3.63, 3.8) is 0 Å². The van der Waals surface area contributed by atoms with E-state index in [1.807, 2.05) is 6.92 Å². The maximum Gasteiger partial charge on any atom is 0.303 e. The van der Waals surface area contributed by atoms with E-state index in [1.165, 1.54) is 6.20 Å². The molecule has 6 nitrogen and oxygen atoms in total. The smallest absolute Gasteiger partial charge is 0.303 e. The standard InChI is InChI=1S/C13H19N3O3/c1-2-7-15-13(19)10-5-6-11(16-9-10)14-8-3-4-12(17)18/h5-6,9H,2-4,7-8H2,1H3,(H,14,16)(H,15,19)(H,17,18). The Morgan fingerprint density at radius 1 is 1.32 bits per heavy atom. The monoisotopic (exact) mass is 265 g/mol. The normalized spacial score (nSPS) is 9.95. The number of anilines is 1. The zero-order chi connectivity index (χ0) is 14.1. The molecule has 0 aromatic carbocycles. The number of amides is 1. The van der Waals surface area contributed by atoms with Gasteiger partial charge in [-0.2, -0.15) is 0 Å². The molecule has 0 aliphatic carbocycles. The Balaban J connectivity index is 2.38. The zero-order valence-electron chi connectivity index (χ0n) is 11.0. The fourth-order valence-electron chi connectivity index (χ4n) is 1.43. The van der Waals surface area contributed by atoms with Crippen LogP contribution in [0.25, 0.3) is 0 Å². The van der Waals surface area contributed by atoms with Gasteiger partial charge in [0.05, 0.1) is 5.56 Å². The van der Waals surface area contributed by atoms with E-state index in [2.05, 4.69) is 15.6 Å². The lowest BCUT2D eigenvalue weighted by molar-refractivity contribution is -0.137. The van der Waals surface area contributed by atoms with Crippen LogP contribution < -0.4 is 10.6 Å². The number of carbonyl (C=O) groups excluding carboxylic acids is 1. The van der Waals surface area contributed by atoms with Gasteiger partial charge in [0.15, 0.2) is 0 Å². The van der Waals surface area contributed by atoms with E-state index in [1.54, 1.807) is 12.1 Å².